The minimum atomic E-state index is -0.630. The van der Waals surface area contributed by atoms with Gasteiger partial charge in [-0.3, -0.25) is 4.79 Å². The topological polar surface area (TPSA) is 70.6 Å². The Balaban J connectivity index is 2.14. The summed E-state index contributed by atoms with van der Waals surface area (Å²) in [7, 11) is 0. The number of benzene rings is 1. The van der Waals surface area contributed by atoms with Gasteiger partial charge in [0.15, 0.2) is 0 Å². The Bertz CT molecular complexity index is 398. The van der Waals surface area contributed by atoms with Crippen molar-refractivity contribution >= 4 is 5.91 Å². The van der Waals surface area contributed by atoms with Crippen LogP contribution >= 0.6 is 0 Å². The standard InChI is InChI=1S/C16H26N2O3/c1-3-9-18-16(20)11-17-10-15(19)12-21-13(2)14-7-5-4-6-8-14/h4-8,13,15,17,19H,3,9-12H2,1-2H3,(H,18,20). The molecule has 0 saturated heterocycles. The van der Waals surface area contributed by atoms with E-state index >= 15 is 0 Å². The predicted octanol–water partition coefficient (Wildman–Crippen LogP) is 1.24. The summed E-state index contributed by atoms with van der Waals surface area (Å²) in [5.41, 5.74) is 1.08. The molecule has 0 saturated carbocycles. The van der Waals surface area contributed by atoms with Crippen LogP contribution in [0.2, 0.25) is 0 Å². The van der Waals surface area contributed by atoms with Gasteiger partial charge in [-0.05, 0) is 18.9 Å². The number of aliphatic hydroxyl groups excluding tert-OH is 1. The van der Waals surface area contributed by atoms with Crippen molar-refractivity contribution in [1.29, 1.82) is 0 Å². The van der Waals surface area contributed by atoms with Crippen LogP contribution in [0.4, 0.5) is 0 Å². The molecule has 1 rings (SSSR count). The molecule has 1 aromatic rings. The summed E-state index contributed by atoms with van der Waals surface area (Å²) in [5, 5.41) is 15.5. The Morgan fingerprint density at radius 1 is 1.33 bits per heavy atom. The molecule has 0 aromatic heterocycles. The third-order valence-electron chi connectivity index (χ3n) is 3.05. The number of aliphatic hydroxyl groups is 1. The minimum Gasteiger partial charge on any atom is -0.389 e. The lowest BCUT2D eigenvalue weighted by Crippen LogP contribution is -2.38. The number of ether oxygens (including phenoxy) is 1. The van der Waals surface area contributed by atoms with Crippen molar-refractivity contribution in [2.24, 2.45) is 0 Å². The molecule has 0 radical (unpaired) electrons. The minimum absolute atomic E-state index is 0.0531. The monoisotopic (exact) mass is 294 g/mol. The van der Waals surface area contributed by atoms with Crippen molar-refractivity contribution in [1.82, 2.24) is 10.6 Å². The largest absolute Gasteiger partial charge is 0.389 e. The van der Waals surface area contributed by atoms with Gasteiger partial charge in [0.25, 0.3) is 0 Å². The van der Waals surface area contributed by atoms with Crippen molar-refractivity contribution in [2.45, 2.75) is 32.5 Å². The van der Waals surface area contributed by atoms with Gasteiger partial charge in [0.05, 0.1) is 25.4 Å². The van der Waals surface area contributed by atoms with Crippen LogP contribution in [0.15, 0.2) is 30.3 Å². The molecule has 0 spiro atoms. The van der Waals surface area contributed by atoms with Crippen LogP contribution in [0.5, 0.6) is 0 Å². The number of nitrogens with one attached hydrogen (secondary N) is 2. The number of rotatable bonds is 10. The highest BCUT2D eigenvalue weighted by Gasteiger charge is 2.10. The summed E-state index contributed by atoms with van der Waals surface area (Å²) in [6.07, 6.45) is 0.225. The van der Waals surface area contributed by atoms with E-state index < -0.39 is 6.10 Å². The summed E-state index contributed by atoms with van der Waals surface area (Å²) < 4.78 is 5.62. The Kier molecular flexibility index (Phi) is 8.66. The van der Waals surface area contributed by atoms with Crippen molar-refractivity contribution < 1.29 is 14.6 Å². The lowest BCUT2D eigenvalue weighted by atomic mass is 10.1. The summed E-state index contributed by atoms with van der Waals surface area (Å²) >= 11 is 0. The lowest BCUT2D eigenvalue weighted by molar-refractivity contribution is -0.120. The molecule has 3 N–H and O–H groups in total. The van der Waals surface area contributed by atoms with E-state index in [-0.39, 0.29) is 25.2 Å². The molecule has 0 fully saturated rings. The maximum atomic E-state index is 11.3. The lowest BCUT2D eigenvalue weighted by Gasteiger charge is -2.17. The van der Waals surface area contributed by atoms with Crippen molar-refractivity contribution in [3.8, 4) is 0 Å². The van der Waals surface area contributed by atoms with Crippen LogP contribution in [0.25, 0.3) is 0 Å². The predicted molar refractivity (Wildman–Crippen MR) is 83.0 cm³/mol. The molecule has 118 valence electrons. The van der Waals surface area contributed by atoms with Crippen LogP contribution in [-0.2, 0) is 9.53 Å². The van der Waals surface area contributed by atoms with E-state index in [9.17, 15) is 9.90 Å². The zero-order chi connectivity index (χ0) is 15.5. The molecular formula is C16H26N2O3. The molecule has 2 atom stereocenters. The van der Waals surface area contributed by atoms with E-state index in [0.717, 1.165) is 12.0 Å². The molecule has 21 heavy (non-hydrogen) atoms. The molecule has 0 aliphatic carbocycles. The number of carbonyl (C=O) groups is 1. The molecular weight excluding hydrogens is 268 g/mol. The first kappa shape index (κ1) is 17.6. The molecule has 5 heteroatoms. The van der Waals surface area contributed by atoms with E-state index in [1.165, 1.54) is 0 Å². The van der Waals surface area contributed by atoms with Crippen LogP contribution < -0.4 is 10.6 Å². The van der Waals surface area contributed by atoms with Gasteiger partial charge in [-0.1, -0.05) is 37.3 Å². The van der Waals surface area contributed by atoms with Gasteiger partial charge in [0.1, 0.15) is 0 Å². The number of hydrogen-bond acceptors (Lipinski definition) is 4. The fourth-order valence-corrected chi connectivity index (χ4v) is 1.81. The molecule has 1 aromatic carbocycles. The maximum Gasteiger partial charge on any atom is 0.233 e. The SMILES string of the molecule is CCCNC(=O)CNCC(O)COC(C)c1ccccc1. The fraction of sp³-hybridized carbons (Fsp3) is 0.562. The summed E-state index contributed by atoms with van der Waals surface area (Å²) in [6, 6.07) is 9.86. The normalized spacial score (nSPS) is 13.7. The zero-order valence-electron chi connectivity index (χ0n) is 12.8. The molecule has 2 unspecified atom stereocenters. The first-order chi connectivity index (χ1) is 10.1. The quantitative estimate of drug-likeness (QED) is 0.607. The molecule has 1 amide bonds. The van der Waals surface area contributed by atoms with Gasteiger partial charge < -0.3 is 20.5 Å². The average molecular weight is 294 g/mol. The zero-order valence-corrected chi connectivity index (χ0v) is 12.8. The van der Waals surface area contributed by atoms with Crippen LogP contribution in [-0.4, -0.2) is 43.4 Å². The van der Waals surface area contributed by atoms with Crippen LogP contribution in [0.1, 0.15) is 31.9 Å². The summed E-state index contributed by atoms with van der Waals surface area (Å²) in [5.74, 6) is -0.0531. The van der Waals surface area contributed by atoms with Gasteiger partial charge in [-0.15, -0.1) is 0 Å². The second kappa shape index (κ2) is 10.3. The van der Waals surface area contributed by atoms with Crippen molar-refractivity contribution in [3.63, 3.8) is 0 Å². The van der Waals surface area contributed by atoms with Gasteiger partial charge in [-0.25, -0.2) is 0 Å². The smallest absolute Gasteiger partial charge is 0.233 e. The number of hydrogen-bond donors (Lipinski definition) is 3. The Morgan fingerprint density at radius 2 is 2.05 bits per heavy atom. The fourth-order valence-electron chi connectivity index (χ4n) is 1.81. The Morgan fingerprint density at radius 3 is 2.71 bits per heavy atom. The highest BCUT2D eigenvalue weighted by Crippen LogP contribution is 2.15. The average Bonchev–Trinajstić information content (AvgIpc) is 2.51. The molecule has 0 aliphatic heterocycles. The number of amides is 1. The molecule has 0 heterocycles. The van der Waals surface area contributed by atoms with E-state index in [1.54, 1.807) is 0 Å². The van der Waals surface area contributed by atoms with Crippen LogP contribution in [0.3, 0.4) is 0 Å². The molecule has 5 nitrogen and oxygen atoms in total. The maximum absolute atomic E-state index is 11.3. The van der Waals surface area contributed by atoms with Crippen molar-refractivity contribution in [3.05, 3.63) is 35.9 Å². The third kappa shape index (κ3) is 7.80. The van der Waals surface area contributed by atoms with E-state index in [1.807, 2.05) is 44.2 Å². The number of carbonyl (C=O) groups excluding carboxylic acids is 1. The van der Waals surface area contributed by atoms with Gasteiger partial charge in [0.2, 0.25) is 5.91 Å². The first-order valence-electron chi connectivity index (χ1n) is 7.45. The van der Waals surface area contributed by atoms with E-state index in [4.69, 9.17) is 4.74 Å². The first-order valence-corrected chi connectivity index (χ1v) is 7.45. The van der Waals surface area contributed by atoms with Gasteiger partial charge in [0, 0.05) is 13.1 Å². The molecule has 0 bridgehead atoms. The molecule has 0 aliphatic rings. The Labute approximate surface area is 126 Å². The summed E-state index contributed by atoms with van der Waals surface area (Å²) in [6.45, 7) is 5.42. The second-order valence-corrected chi connectivity index (χ2v) is 5.02. The van der Waals surface area contributed by atoms with Crippen molar-refractivity contribution in [2.75, 3.05) is 26.2 Å². The highest BCUT2D eigenvalue weighted by molar-refractivity contribution is 5.77. The van der Waals surface area contributed by atoms with E-state index in [0.29, 0.717) is 13.1 Å². The van der Waals surface area contributed by atoms with Gasteiger partial charge in [-0.2, -0.15) is 0 Å². The summed E-state index contributed by atoms with van der Waals surface area (Å²) in [4.78, 5) is 11.3. The van der Waals surface area contributed by atoms with Crippen LogP contribution in [0, 0.1) is 0 Å². The second-order valence-electron chi connectivity index (χ2n) is 5.02. The van der Waals surface area contributed by atoms with Gasteiger partial charge >= 0.3 is 0 Å². The Hall–Kier alpha value is -1.43. The third-order valence-corrected chi connectivity index (χ3v) is 3.05. The highest BCUT2D eigenvalue weighted by atomic mass is 16.5. The van der Waals surface area contributed by atoms with E-state index in [2.05, 4.69) is 10.6 Å².